The van der Waals surface area contributed by atoms with E-state index in [0.29, 0.717) is 53.5 Å². The molecule has 0 bridgehead atoms. The van der Waals surface area contributed by atoms with E-state index in [1.807, 2.05) is 25.3 Å². The second kappa shape index (κ2) is 9.09. The number of rotatable bonds is 8. The second-order valence-electron chi connectivity index (χ2n) is 6.42. The summed E-state index contributed by atoms with van der Waals surface area (Å²) in [6.45, 7) is 4.72. The Morgan fingerprint density at radius 2 is 2.10 bits per heavy atom. The molecule has 8 heteroatoms. The molecule has 3 rings (SSSR count). The standard InChI is InChI=1S/C21H24N4O4/c1-4-17-18(21(27)28-3)14(2)19(24-17)20(26)23-15-7-5-8-16(13-15)29-12-11-25-10-6-9-22-25/h5-10,13,24H,4,11-12H2,1-3H3,(H,23,26). The van der Waals surface area contributed by atoms with Gasteiger partial charge >= 0.3 is 5.97 Å². The molecule has 8 nitrogen and oxygen atoms in total. The van der Waals surface area contributed by atoms with Crippen molar-refractivity contribution in [3.05, 3.63) is 65.2 Å². The minimum absolute atomic E-state index is 0.332. The minimum Gasteiger partial charge on any atom is -0.492 e. The zero-order valence-electron chi connectivity index (χ0n) is 16.7. The van der Waals surface area contributed by atoms with Crippen LogP contribution in [0, 0.1) is 6.92 Å². The number of anilines is 1. The third-order valence-electron chi connectivity index (χ3n) is 4.54. The maximum absolute atomic E-state index is 12.8. The molecule has 3 aromatic rings. The van der Waals surface area contributed by atoms with Crippen molar-refractivity contribution in [1.29, 1.82) is 0 Å². The molecule has 2 heterocycles. The number of hydrogen-bond acceptors (Lipinski definition) is 5. The number of aromatic nitrogens is 3. The highest BCUT2D eigenvalue weighted by Crippen LogP contribution is 2.23. The lowest BCUT2D eigenvalue weighted by atomic mass is 10.1. The van der Waals surface area contributed by atoms with Crippen LogP contribution < -0.4 is 10.1 Å². The third-order valence-corrected chi connectivity index (χ3v) is 4.54. The predicted octanol–water partition coefficient (Wildman–Crippen LogP) is 3.20. The monoisotopic (exact) mass is 396 g/mol. The summed E-state index contributed by atoms with van der Waals surface area (Å²) in [5, 5.41) is 6.97. The first-order valence-electron chi connectivity index (χ1n) is 9.34. The largest absolute Gasteiger partial charge is 0.492 e. The molecule has 0 aliphatic heterocycles. The van der Waals surface area contributed by atoms with Crippen LogP contribution in [0.1, 0.15) is 39.0 Å². The summed E-state index contributed by atoms with van der Waals surface area (Å²) in [6, 6.07) is 9.01. The number of amides is 1. The van der Waals surface area contributed by atoms with E-state index >= 15 is 0 Å². The Morgan fingerprint density at radius 3 is 2.79 bits per heavy atom. The van der Waals surface area contributed by atoms with Crippen molar-refractivity contribution in [2.75, 3.05) is 19.0 Å². The summed E-state index contributed by atoms with van der Waals surface area (Å²) in [6.07, 6.45) is 4.16. The summed E-state index contributed by atoms with van der Waals surface area (Å²) >= 11 is 0. The quantitative estimate of drug-likeness (QED) is 0.570. The number of aromatic amines is 1. The lowest BCUT2D eigenvalue weighted by molar-refractivity contribution is 0.0599. The summed E-state index contributed by atoms with van der Waals surface area (Å²) in [5.74, 6) is -0.147. The van der Waals surface area contributed by atoms with Gasteiger partial charge in [0.1, 0.15) is 18.1 Å². The normalized spacial score (nSPS) is 10.6. The number of nitrogens with one attached hydrogen (secondary N) is 2. The number of hydrogen-bond donors (Lipinski definition) is 2. The van der Waals surface area contributed by atoms with E-state index in [2.05, 4.69) is 15.4 Å². The Labute approximate surface area is 168 Å². The summed E-state index contributed by atoms with van der Waals surface area (Å²) < 4.78 is 12.4. The van der Waals surface area contributed by atoms with Gasteiger partial charge < -0.3 is 19.8 Å². The van der Waals surface area contributed by atoms with E-state index < -0.39 is 5.97 Å². The maximum Gasteiger partial charge on any atom is 0.339 e. The molecule has 0 saturated heterocycles. The Morgan fingerprint density at radius 1 is 1.28 bits per heavy atom. The van der Waals surface area contributed by atoms with E-state index in [0.717, 1.165) is 0 Å². The van der Waals surface area contributed by atoms with Crippen molar-refractivity contribution in [2.24, 2.45) is 0 Å². The van der Waals surface area contributed by atoms with E-state index in [-0.39, 0.29) is 5.91 Å². The van der Waals surface area contributed by atoms with Crippen LogP contribution in [-0.2, 0) is 17.7 Å². The molecule has 1 aromatic carbocycles. The van der Waals surface area contributed by atoms with Gasteiger partial charge in [-0.25, -0.2) is 4.79 Å². The Hall–Kier alpha value is -3.55. The van der Waals surface area contributed by atoms with Crippen LogP contribution in [-0.4, -0.2) is 40.4 Å². The fourth-order valence-corrected chi connectivity index (χ4v) is 3.08. The summed E-state index contributed by atoms with van der Waals surface area (Å²) in [5.41, 5.74) is 2.59. The van der Waals surface area contributed by atoms with Gasteiger partial charge in [0.2, 0.25) is 0 Å². The molecule has 0 fully saturated rings. The number of carbonyl (C=O) groups excluding carboxylic acids is 2. The Kier molecular flexibility index (Phi) is 6.33. The molecular formula is C21H24N4O4. The highest BCUT2D eigenvalue weighted by Gasteiger charge is 2.23. The number of H-pyrrole nitrogens is 1. The van der Waals surface area contributed by atoms with Gasteiger partial charge in [-0.1, -0.05) is 13.0 Å². The number of aryl methyl sites for hydroxylation is 1. The number of ether oxygens (including phenoxy) is 2. The summed E-state index contributed by atoms with van der Waals surface area (Å²) in [4.78, 5) is 27.8. The molecule has 0 saturated carbocycles. The first-order chi connectivity index (χ1) is 14.0. The van der Waals surface area contributed by atoms with Crippen LogP contribution in [0.2, 0.25) is 0 Å². The van der Waals surface area contributed by atoms with Gasteiger partial charge in [-0.15, -0.1) is 0 Å². The van der Waals surface area contributed by atoms with E-state index in [1.54, 1.807) is 36.0 Å². The lowest BCUT2D eigenvalue weighted by Gasteiger charge is -2.09. The minimum atomic E-state index is -0.456. The molecule has 1 amide bonds. The molecule has 29 heavy (non-hydrogen) atoms. The van der Waals surface area contributed by atoms with Crippen LogP contribution >= 0.6 is 0 Å². The maximum atomic E-state index is 12.8. The highest BCUT2D eigenvalue weighted by atomic mass is 16.5. The first-order valence-corrected chi connectivity index (χ1v) is 9.34. The van der Waals surface area contributed by atoms with Crippen LogP contribution in [0.3, 0.4) is 0 Å². The molecular weight excluding hydrogens is 372 g/mol. The molecule has 152 valence electrons. The molecule has 0 aliphatic carbocycles. The lowest BCUT2D eigenvalue weighted by Crippen LogP contribution is -2.14. The topological polar surface area (TPSA) is 98.2 Å². The predicted molar refractivity (Wildman–Crippen MR) is 108 cm³/mol. The SMILES string of the molecule is CCc1[nH]c(C(=O)Nc2cccc(OCCn3cccn3)c2)c(C)c1C(=O)OC. The number of benzene rings is 1. The zero-order valence-corrected chi connectivity index (χ0v) is 16.7. The van der Waals surface area contributed by atoms with Crippen LogP contribution in [0.5, 0.6) is 5.75 Å². The molecule has 0 aliphatic rings. The molecule has 0 spiro atoms. The molecule has 0 unspecified atom stereocenters. The molecule has 0 atom stereocenters. The van der Waals surface area contributed by atoms with Crippen molar-refractivity contribution < 1.29 is 19.1 Å². The average molecular weight is 396 g/mol. The van der Waals surface area contributed by atoms with Crippen LogP contribution in [0.4, 0.5) is 5.69 Å². The van der Waals surface area contributed by atoms with Gasteiger partial charge in [-0.2, -0.15) is 5.10 Å². The van der Waals surface area contributed by atoms with Crippen LogP contribution in [0.15, 0.2) is 42.7 Å². The van der Waals surface area contributed by atoms with Gasteiger partial charge in [-0.05, 0) is 37.1 Å². The van der Waals surface area contributed by atoms with E-state index in [4.69, 9.17) is 9.47 Å². The fourth-order valence-electron chi connectivity index (χ4n) is 3.08. The van der Waals surface area contributed by atoms with Gasteiger partial charge in [0.25, 0.3) is 5.91 Å². The van der Waals surface area contributed by atoms with Crippen molar-refractivity contribution in [3.8, 4) is 5.75 Å². The molecule has 2 N–H and O–H groups in total. The van der Waals surface area contributed by atoms with Crippen LogP contribution in [0.25, 0.3) is 0 Å². The Balaban J connectivity index is 1.69. The van der Waals surface area contributed by atoms with E-state index in [9.17, 15) is 9.59 Å². The van der Waals surface area contributed by atoms with Crippen molar-refractivity contribution in [3.63, 3.8) is 0 Å². The van der Waals surface area contributed by atoms with Crippen molar-refractivity contribution >= 4 is 17.6 Å². The Bertz CT molecular complexity index is 992. The van der Waals surface area contributed by atoms with Gasteiger partial charge in [-0.3, -0.25) is 9.48 Å². The number of methoxy groups -OCH3 is 1. The first kappa shape index (κ1) is 20.2. The molecule has 2 aromatic heterocycles. The average Bonchev–Trinajstić information content (AvgIpc) is 3.35. The number of nitrogens with zero attached hydrogens (tertiary/aromatic N) is 2. The second-order valence-corrected chi connectivity index (χ2v) is 6.42. The van der Waals surface area contributed by atoms with Gasteiger partial charge in [0, 0.05) is 29.8 Å². The summed E-state index contributed by atoms with van der Waals surface area (Å²) in [7, 11) is 1.33. The number of carbonyl (C=O) groups is 2. The van der Waals surface area contributed by atoms with Gasteiger partial charge in [0.15, 0.2) is 0 Å². The van der Waals surface area contributed by atoms with Gasteiger partial charge in [0.05, 0.1) is 19.2 Å². The van der Waals surface area contributed by atoms with E-state index in [1.165, 1.54) is 7.11 Å². The van der Waals surface area contributed by atoms with Crippen molar-refractivity contribution in [2.45, 2.75) is 26.8 Å². The molecule has 0 radical (unpaired) electrons. The van der Waals surface area contributed by atoms with Crippen molar-refractivity contribution in [1.82, 2.24) is 14.8 Å². The smallest absolute Gasteiger partial charge is 0.339 e. The number of esters is 1. The fraction of sp³-hybridized carbons (Fsp3) is 0.286. The zero-order chi connectivity index (χ0) is 20.8. The third kappa shape index (κ3) is 4.66. The highest BCUT2D eigenvalue weighted by molar-refractivity contribution is 6.06.